The van der Waals surface area contributed by atoms with Gasteiger partial charge in [0.15, 0.2) is 0 Å². The minimum absolute atomic E-state index is 0.717. The Balaban J connectivity index is 1.69. The van der Waals surface area contributed by atoms with Crippen LogP contribution in [0.15, 0.2) is 36.7 Å². The number of benzene rings is 1. The third-order valence-corrected chi connectivity index (χ3v) is 3.97. The van der Waals surface area contributed by atoms with Crippen LogP contribution >= 0.6 is 0 Å². The van der Waals surface area contributed by atoms with Crippen molar-refractivity contribution in [3.05, 3.63) is 47.8 Å². The Hall–Kier alpha value is -1.77. The molecule has 0 radical (unpaired) electrons. The molecule has 1 saturated heterocycles. The maximum absolute atomic E-state index is 4.02. The zero-order valence-electron chi connectivity index (χ0n) is 10.8. The van der Waals surface area contributed by atoms with E-state index >= 15 is 0 Å². The largest absolute Gasteiger partial charge is 0.369 e. The summed E-state index contributed by atoms with van der Waals surface area (Å²) in [6.45, 7) is 4.47. The lowest BCUT2D eigenvalue weighted by molar-refractivity contribution is 0.504. The van der Waals surface area contributed by atoms with Gasteiger partial charge in [-0.15, -0.1) is 0 Å². The van der Waals surface area contributed by atoms with Gasteiger partial charge < -0.3 is 4.90 Å². The van der Waals surface area contributed by atoms with Crippen LogP contribution in [0.2, 0.25) is 0 Å². The van der Waals surface area contributed by atoms with Gasteiger partial charge in [-0.2, -0.15) is 5.10 Å². The fourth-order valence-electron chi connectivity index (χ4n) is 2.91. The van der Waals surface area contributed by atoms with Crippen LogP contribution < -0.4 is 4.90 Å². The smallest absolute Gasteiger partial charge is 0.0749 e. The molecule has 3 rings (SSSR count). The quantitative estimate of drug-likeness (QED) is 0.876. The van der Waals surface area contributed by atoms with Crippen LogP contribution in [0.4, 0.5) is 5.69 Å². The Morgan fingerprint density at radius 2 is 2.00 bits per heavy atom. The molecule has 0 saturated carbocycles. The van der Waals surface area contributed by atoms with E-state index in [9.17, 15) is 0 Å². The molecular weight excluding hydrogens is 222 g/mol. The molecule has 94 valence electrons. The molecule has 3 nitrogen and oxygen atoms in total. The molecule has 2 aromatic rings. The summed E-state index contributed by atoms with van der Waals surface area (Å²) in [6, 6.07) is 8.79. The topological polar surface area (TPSA) is 31.9 Å². The maximum atomic E-state index is 4.02. The fraction of sp³-hybridized carbons (Fsp3) is 0.400. The highest BCUT2D eigenvalue weighted by Crippen LogP contribution is 2.31. The highest BCUT2D eigenvalue weighted by atomic mass is 15.2. The van der Waals surface area contributed by atoms with Crippen LogP contribution in [-0.2, 0) is 0 Å². The van der Waals surface area contributed by atoms with Crippen molar-refractivity contribution in [1.29, 1.82) is 0 Å². The van der Waals surface area contributed by atoms with Gasteiger partial charge in [-0.3, -0.25) is 5.10 Å². The molecular formula is C15H19N3. The molecule has 1 fully saturated rings. The maximum Gasteiger partial charge on any atom is 0.0749 e. The van der Waals surface area contributed by atoms with E-state index in [1.54, 1.807) is 0 Å². The second kappa shape index (κ2) is 4.84. The molecule has 3 heteroatoms. The second-order valence-corrected chi connectivity index (χ2v) is 5.07. The number of aryl methyl sites for hydroxylation is 1. The third-order valence-electron chi connectivity index (χ3n) is 3.97. The van der Waals surface area contributed by atoms with Gasteiger partial charge in [-0.05, 0) is 36.8 Å². The molecule has 0 aliphatic carbocycles. The zero-order chi connectivity index (χ0) is 12.4. The molecule has 1 aliphatic rings. The predicted molar refractivity (Wildman–Crippen MR) is 74.0 cm³/mol. The average Bonchev–Trinajstić information content (AvgIpc) is 2.94. The van der Waals surface area contributed by atoms with E-state index in [1.807, 2.05) is 12.4 Å². The van der Waals surface area contributed by atoms with Crippen LogP contribution in [0.5, 0.6) is 0 Å². The number of rotatable bonds is 2. The molecule has 0 atom stereocenters. The van der Waals surface area contributed by atoms with E-state index in [-0.39, 0.29) is 0 Å². The van der Waals surface area contributed by atoms with Crippen molar-refractivity contribution in [2.45, 2.75) is 25.7 Å². The first kappa shape index (κ1) is 11.3. The summed E-state index contributed by atoms with van der Waals surface area (Å²) in [5.41, 5.74) is 4.18. The molecule has 0 amide bonds. The molecule has 0 bridgehead atoms. The first-order valence-electron chi connectivity index (χ1n) is 6.64. The van der Waals surface area contributed by atoms with Crippen molar-refractivity contribution in [2.24, 2.45) is 0 Å². The van der Waals surface area contributed by atoms with Crippen LogP contribution in [-0.4, -0.2) is 23.3 Å². The van der Waals surface area contributed by atoms with Gasteiger partial charge >= 0.3 is 0 Å². The van der Waals surface area contributed by atoms with Crippen LogP contribution in [0.25, 0.3) is 0 Å². The Labute approximate surface area is 108 Å². The number of anilines is 1. The minimum Gasteiger partial charge on any atom is -0.369 e. The highest BCUT2D eigenvalue weighted by molar-refractivity contribution is 5.43. The Kier molecular flexibility index (Phi) is 3.05. The van der Waals surface area contributed by atoms with Gasteiger partial charge in [-0.25, -0.2) is 0 Å². The number of H-pyrrole nitrogens is 1. The lowest BCUT2D eigenvalue weighted by Gasteiger charge is -2.33. The van der Waals surface area contributed by atoms with Crippen molar-refractivity contribution in [3.63, 3.8) is 0 Å². The average molecular weight is 241 g/mol. The fourth-order valence-corrected chi connectivity index (χ4v) is 2.91. The van der Waals surface area contributed by atoms with Crippen molar-refractivity contribution >= 4 is 5.69 Å². The zero-order valence-corrected chi connectivity index (χ0v) is 10.8. The van der Waals surface area contributed by atoms with E-state index in [0.29, 0.717) is 5.92 Å². The SMILES string of the molecule is Cc1ccccc1C1CCN(c2cn[nH]c2)CC1. The Morgan fingerprint density at radius 1 is 1.22 bits per heavy atom. The van der Waals surface area contributed by atoms with Crippen LogP contribution in [0.3, 0.4) is 0 Å². The number of nitrogens with one attached hydrogen (secondary N) is 1. The standard InChI is InChI=1S/C15H19N3/c1-12-4-2-3-5-15(12)13-6-8-18(9-7-13)14-10-16-17-11-14/h2-5,10-11,13H,6-9H2,1H3,(H,16,17). The lowest BCUT2D eigenvalue weighted by atomic mass is 9.87. The van der Waals surface area contributed by atoms with Crippen LogP contribution in [0.1, 0.15) is 29.9 Å². The van der Waals surface area contributed by atoms with Crippen molar-refractivity contribution in [1.82, 2.24) is 10.2 Å². The summed E-state index contributed by atoms with van der Waals surface area (Å²) < 4.78 is 0. The summed E-state index contributed by atoms with van der Waals surface area (Å²) >= 11 is 0. The Bertz CT molecular complexity index is 496. The van der Waals surface area contributed by atoms with Gasteiger partial charge in [0.2, 0.25) is 0 Å². The van der Waals surface area contributed by atoms with E-state index in [0.717, 1.165) is 13.1 Å². The number of hydrogen-bond donors (Lipinski definition) is 1. The highest BCUT2D eigenvalue weighted by Gasteiger charge is 2.21. The number of piperidine rings is 1. The van der Waals surface area contributed by atoms with Crippen LogP contribution in [0, 0.1) is 6.92 Å². The third kappa shape index (κ3) is 2.13. The summed E-state index contributed by atoms with van der Waals surface area (Å²) in [5, 5.41) is 6.91. The predicted octanol–water partition coefficient (Wildman–Crippen LogP) is 3.10. The van der Waals surface area contributed by atoms with Crippen molar-refractivity contribution in [2.75, 3.05) is 18.0 Å². The molecule has 2 heterocycles. The number of nitrogens with zero attached hydrogens (tertiary/aromatic N) is 2. The summed E-state index contributed by atoms with van der Waals surface area (Å²) in [7, 11) is 0. The molecule has 18 heavy (non-hydrogen) atoms. The van der Waals surface area contributed by atoms with Crippen molar-refractivity contribution in [3.8, 4) is 0 Å². The summed E-state index contributed by atoms with van der Waals surface area (Å²) in [5.74, 6) is 0.717. The molecule has 0 spiro atoms. The minimum atomic E-state index is 0.717. The van der Waals surface area contributed by atoms with E-state index in [2.05, 4.69) is 46.3 Å². The van der Waals surface area contributed by atoms with Gasteiger partial charge in [0, 0.05) is 19.3 Å². The monoisotopic (exact) mass is 241 g/mol. The Morgan fingerprint density at radius 3 is 2.67 bits per heavy atom. The first-order valence-corrected chi connectivity index (χ1v) is 6.64. The van der Waals surface area contributed by atoms with Crippen molar-refractivity contribution < 1.29 is 0 Å². The van der Waals surface area contributed by atoms with Gasteiger partial charge in [0.1, 0.15) is 0 Å². The van der Waals surface area contributed by atoms with Gasteiger partial charge in [0.25, 0.3) is 0 Å². The normalized spacial score (nSPS) is 17.1. The summed E-state index contributed by atoms with van der Waals surface area (Å²) in [4.78, 5) is 2.41. The van der Waals surface area contributed by atoms with Gasteiger partial charge in [0.05, 0.1) is 11.9 Å². The first-order chi connectivity index (χ1) is 8.84. The summed E-state index contributed by atoms with van der Waals surface area (Å²) in [6.07, 6.45) is 6.36. The molecule has 1 aromatic carbocycles. The molecule has 1 N–H and O–H groups in total. The molecule has 1 aliphatic heterocycles. The van der Waals surface area contributed by atoms with E-state index in [1.165, 1.54) is 29.7 Å². The number of aromatic nitrogens is 2. The molecule has 1 aromatic heterocycles. The van der Waals surface area contributed by atoms with Gasteiger partial charge in [-0.1, -0.05) is 24.3 Å². The van der Waals surface area contributed by atoms with E-state index < -0.39 is 0 Å². The lowest BCUT2D eigenvalue weighted by Crippen LogP contribution is -2.32. The molecule has 0 unspecified atom stereocenters. The number of aromatic amines is 1. The number of hydrogen-bond acceptors (Lipinski definition) is 2. The second-order valence-electron chi connectivity index (χ2n) is 5.07. The van der Waals surface area contributed by atoms with E-state index in [4.69, 9.17) is 0 Å².